The Balaban J connectivity index is 1.70. The number of benzene rings is 2. The van der Waals surface area contributed by atoms with Gasteiger partial charge >= 0.3 is 7.82 Å². The van der Waals surface area contributed by atoms with Crippen LogP contribution in [0.5, 0.6) is 0 Å². The number of carbonyl (C=O) groups is 1. The molecule has 152 valence electrons. The standard InChI is InChI=1S/C21H23N2O5P/c1-27-29(25,26)28-13-7-12-22-20(24)14-17-15-23-19-11-6-5-10-18(19)21(17)16-8-3-2-4-9-16/h2-6,8-11,15H,7,12-14H2,1H3,(H,22,24)(H,25,26). The van der Waals surface area contributed by atoms with Gasteiger partial charge in [0.2, 0.25) is 5.91 Å². The molecule has 1 unspecified atom stereocenters. The van der Waals surface area contributed by atoms with Gasteiger partial charge in [-0.15, -0.1) is 0 Å². The molecule has 1 aromatic heterocycles. The van der Waals surface area contributed by atoms with E-state index in [0.717, 1.165) is 34.7 Å². The van der Waals surface area contributed by atoms with Crippen molar-refractivity contribution in [2.24, 2.45) is 0 Å². The fourth-order valence-electron chi connectivity index (χ4n) is 3.03. The number of carbonyl (C=O) groups excluding carboxylic acids is 1. The van der Waals surface area contributed by atoms with E-state index in [9.17, 15) is 9.36 Å². The summed E-state index contributed by atoms with van der Waals surface area (Å²) >= 11 is 0. The lowest BCUT2D eigenvalue weighted by Gasteiger charge is -2.13. The molecule has 0 aliphatic carbocycles. The number of phosphoric ester groups is 1. The van der Waals surface area contributed by atoms with Gasteiger partial charge in [0, 0.05) is 25.2 Å². The number of rotatable bonds is 9. The molecule has 3 aromatic rings. The van der Waals surface area contributed by atoms with E-state index >= 15 is 0 Å². The zero-order chi connectivity index (χ0) is 20.7. The Morgan fingerprint density at radius 1 is 1.14 bits per heavy atom. The maximum absolute atomic E-state index is 12.4. The highest BCUT2D eigenvalue weighted by Crippen LogP contribution is 2.41. The first-order valence-electron chi connectivity index (χ1n) is 9.22. The first kappa shape index (κ1) is 21.1. The number of aromatic nitrogens is 1. The largest absolute Gasteiger partial charge is 0.471 e. The lowest BCUT2D eigenvalue weighted by atomic mass is 9.95. The average molecular weight is 414 g/mol. The van der Waals surface area contributed by atoms with Crippen LogP contribution in [-0.4, -0.2) is 36.0 Å². The lowest BCUT2D eigenvalue weighted by molar-refractivity contribution is -0.120. The van der Waals surface area contributed by atoms with Crippen LogP contribution in [0.1, 0.15) is 12.0 Å². The molecular weight excluding hydrogens is 391 g/mol. The number of nitrogens with one attached hydrogen (secondary N) is 1. The number of pyridine rings is 1. The van der Waals surface area contributed by atoms with Gasteiger partial charge < -0.3 is 10.2 Å². The molecule has 0 saturated carbocycles. The number of nitrogens with zero attached hydrogens (tertiary/aromatic N) is 1. The molecule has 0 saturated heterocycles. The van der Waals surface area contributed by atoms with Crippen LogP contribution >= 0.6 is 7.82 Å². The first-order valence-corrected chi connectivity index (χ1v) is 10.7. The number of hydrogen-bond acceptors (Lipinski definition) is 5. The molecule has 7 nitrogen and oxygen atoms in total. The van der Waals surface area contributed by atoms with Gasteiger partial charge in [-0.3, -0.25) is 18.8 Å². The third-order valence-electron chi connectivity index (χ3n) is 4.40. The minimum Gasteiger partial charge on any atom is -0.356 e. The molecule has 2 N–H and O–H groups in total. The van der Waals surface area contributed by atoms with E-state index in [0.29, 0.717) is 13.0 Å². The van der Waals surface area contributed by atoms with Crippen LogP contribution in [0.15, 0.2) is 60.8 Å². The van der Waals surface area contributed by atoms with Crippen molar-refractivity contribution in [3.8, 4) is 11.1 Å². The highest BCUT2D eigenvalue weighted by molar-refractivity contribution is 7.47. The topological polar surface area (TPSA) is 97.8 Å². The van der Waals surface area contributed by atoms with Crippen molar-refractivity contribution in [1.29, 1.82) is 0 Å². The van der Waals surface area contributed by atoms with Crippen LogP contribution in [0.3, 0.4) is 0 Å². The zero-order valence-electron chi connectivity index (χ0n) is 16.1. The van der Waals surface area contributed by atoms with E-state index in [2.05, 4.69) is 14.8 Å². The smallest absolute Gasteiger partial charge is 0.356 e. The molecule has 1 amide bonds. The Morgan fingerprint density at radius 3 is 2.62 bits per heavy atom. The molecule has 0 aliphatic rings. The summed E-state index contributed by atoms with van der Waals surface area (Å²) in [5, 5.41) is 3.80. The molecule has 0 spiro atoms. The molecular formula is C21H23N2O5P. The van der Waals surface area contributed by atoms with E-state index in [4.69, 9.17) is 9.42 Å². The third-order valence-corrected chi connectivity index (χ3v) is 5.37. The Bertz CT molecular complexity index is 1030. The Kier molecular flexibility index (Phi) is 7.12. The van der Waals surface area contributed by atoms with Crippen molar-refractivity contribution in [3.05, 3.63) is 66.4 Å². The number of phosphoric acid groups is 1. The van der Waals surface area contributed by atoms with Gasteiger partial charge in [-0.1, -0.05) is 48.5 Å². The van der Waals surface area contributed by atoms with Crippen LogP contribution in [0, 0.1) is 0 Å². The number of para-hydroxylation sites is 1. The second kappa shape index (κ2) is 9.76. The van der Waals surface area contributed by atoms with Crippen molar-refractivity contribution in [2.75, 3.05) is 20.3 Å². The van der Waals surface area contributed by atoms with Crippen molar-refractivity contribution in [1.82, 2.24) is 10.3 Å². The minimum absolute atomic E-state index is 0.00862. The summed E-state index contributed by atoms with van der Waals surface area (Å²) in [6.07, 6.45) is 2.31. The Morgan fingerprint density at radius 2 is 1.86 bits per heavy atom. The summed E-state index contributed by atoms with van der Waals surface area (Å²) < 4.78 is 20.3. The summed E-state index contributed by atoms with van der Waals surface area (Å²) in [5.74, 6) is -0.154. The van der Waals surface area contributed by atoms with E-state index in [1.165, 1.54) is 0 Å². The molecule has 0 radical (unpaired) electrons. The molecule has 1 atom stereocenters. The highest BCUT2D eigenvalue weighted by atomic mass is 31.2. The van der Waals surface area contributed by atoms with Crippen LogP contribution in [0.4, 0.5) is 0 Å². The van der Waals surface area contributed by atoms with Crippen LogP contribution in [0.2, 0.25) is 0 Å². The van der Waals surface area contributed by atoms with Gasteiger partial charge in [0.05, 0.1) is 18.5 Å². The van der Waals surface area contributed by atoms with Crippen LogP contribution in [-0.2, 0) is 24.8 Å². The minimum atomic E-state index is -3.98. The summed E-state index contributed by atoms with van der Waals surface area (Å²) in [5.41, 5.74) is 3.73. The average Bonchev–Trinajstić information content (AvgIpc) is 2.74. The van der Waals surface area contributed by atoms with Crippen molar-refractivity contribution >= 4 is 24.6 Å². The number of amides is 1. The summed E-state index contributed by atoms with van der Waals surface area (Å²) in [6, 6.07) is 17.8. The summed E-state index contributed by atoms with van der Waals surface area (Å²) in [6.45, 7) is 0.332. The lowest BCUT2D eigenvalue weighted by Crippen LogP contribution is -2.27. The second-order valence-electron chi connectivity index (χ2n) is 6.41. The monoisotopic (exact) mass is 414 g/mol. The maximum atomic E-state index is 12.4. The number of hydrogen-bond donors (Lipinski definition) is 2. The van der Waals surface area contributed by atoms with E-state index in [-0.39, 0.29) is 18.9 Å². The SMILES string of the molecule is COP(=O)(O)OCCCNC(=O)Cc1cnc2ccccc2c1-c1ccccc1. The fraction of sp³-hybridized carbons (Fsp3) is 0.238. The molecule has 29 heavy (non-hydrogen) atoms. The van der Waals surface area contributed by atoms with Gasteiger partial charge in [-0.25, -0.2) is 4.57 Å². The van der Waals surface area contributed by atoms with Crippen molar-refractivity contribution < 1.29 is 23.3 Å². The molecule has 1 heterocycles. The predicted octanol–water partition coefficient (Wildman–Crippen LogP) is 3.71. The third kappa shape index (κ3) is 5.71. The number of fused-ring (bicyclic) bond motifs is 1. The van der Waals surface area contributed by atoms with Gasteiger partial charge in [0.25, 0.3) is 0 Å². The van der Waals surface area contributed by atoms with Gasteiger partial charge in [-0.05, 0) is 29.2 Å². The van der Waals surface area contributed by atoms with Gasteiger partial charge in [-0.2, -0.15) is 0 Å². The summed E-state index contributed by atoms with van der Waals surface area (Å²) in [4.78, 5) is 26.1. The Labute approximate surface area is 169 Å². The van der Waals surface area contributed by atoms with Crippen LogP contribution < -0.4 is 5.32 Å². The maximum Gasteiger partial charge on any atom is 0.471 e. The quantitative estimate of drug-likeness (QED) is 0.409. The molecule has 2 aromatic carbocycles. The highest BCUT2D eigenvalue weighted by Gasteiger charge is 2.17. The van der Waals surface area contributed by atoms with E-state index in [1.54, 1.807) is 6.20 Å². The second-order valence-corrected chi connectivity index (χ2v) is 7.97. The van der Waals surface area contributed by atoms with Crippen molar-refractivity contribution in [3.63, 3.8) is 0 Å². The predicted molar refractivity (Wildman–Crippen MR) is 111 cm³/mol. The van der Waals surface area contributed by atoms with Gasteiger partial charge in [0.15, 0.2) is 0 Å². The van der Waals surface area contributed by atoms with Crippen molar-refractivity contribution in [2.45, 2.75) is 12.8 Å². The molecule has 8 heteroatoms. The van der Waals surface area contributed by atoms with Gasteiger partial charge in [0.1, 0.15) is 0 Å². The normalized spacial score (nSPS) is 13.2. The van der Waals surface area contributed by atoms with Crippen LogP contribution in [0.25, 0.3) is 22.0 Å². The Hall–Kier alpha value is -2.57. The van der Waals surface area contributed by atoms with E-state index < -0.39 is 7.82 Å². The fourth-order valence-corrected chi connectivity index (χ4v) is 3.50. The zero-order valence-corrected chi connectivity index (χ0v) is 17.0. The molecule has 0 fully saturated rings. The first-order chi connectivity index (χ1) is 14.0. The molecule has 3 rings (SSSR count). The van der Waals surface area contributed by atoms with E-state index in [1.807, 2.05) is 54.6 Å². The molecule has 0 bridgehead atoms. The summed E-state index contributed by atoms with van der Waals surface area (Å²) in [7, 11) is -2.88. The molecule has 0 aliphatic heterocycles.